The second-order valence-electron chi connectivity index (χ2n) is 8.44. The second-order valence-corrected chi connectivity index (χ2v) is 8.88. The van der Waals surface area contributed by atoms with Gasteiger partial charge in [-0.15, -0.1) is 0 Å². The Kier molecular flexibility index (Phi) is 7.59. The fourth-order valence-electron chi connectivity index (χ4n) is 3.23. The van der Waals surface area contributed by atoms with Gasteiger partial charge in [0.25, 0.3) is 0 Å². The van der Waals surface area contributed by atoms with E-state index in [0.717, 1.165) is 12.8 Å². The zero-order valence-electron chi connectivity index (χ0n) is 18.1. The third kappa shape index (κ3) is 6.99. The molecule has 3 rings (SSSR count). The maximum Gasteiger partial charge on any atom is 0.410 e. The maximum atomic E-state index is 13.2. The molecule has 1 aromatic carbocycles. The van der Waals surface area contributed by atoms with Crippen LogP contribution in [0.2, 0.25) is 5.02 Å². The highest BCUT2D eigenvalue weighted by Gasteiger charge is 2.27. The molecule has 168 valence electrons. The number of hydrogen-bond donors (Lipinski definition) is 0. The monoisotopic (exact) mass is 450 g/mol. The first-order valence-electron chi connectivity index (χ1n) is 10.3. The predicted molar refractivity (Wildman–Crippen MR) is 116 cm³/mol. The number of rotatable bonds is 6. The third-order valence-corrected chi connectivity index (χ3v) is 4.96. The van der Waals surface area contributed by atoms with Gasteiger partial charge in [-0.25, -0.2) is 9.18 Å². The summed E-state index contributed by atoms with van der Waals surface area (Å²) < 4.78 is 30.4. The first kappa shape index (κ1) is 23.1. The van der Waals surface area contributed by atoms with Crippen LogP contribution in [0, 0.1) is 0 Å². The van der Waals surface area contributed by atoms with Crippen LogP contribution in [0.1, 0.15) is 44.9 Å². The van der Waals surface area contributed by atoms with E-state index in [1.165, 1.54) is 0 Å². The topological polar surface area (TPSA) is 60.9 Å². The molecule has 31 heavy (non-hydrogen) atoms. The summed E-state index contributed by atoms with van der Waals surface area (Å²) in [6, 6.07) is 8.46. The van der Waals surface area contributed by atoms with Crippen molar-refractivity contribution < 1.29 is 23.4 Å². The van der Waals surface area contributed by atoms with Gasteiger partial charge in [0.1, 0.15) is 36.5 Å². The third-order valence-electron chi connectivity index (χ3n) is 4.73. The highest BCUT2D eigenvalue weighted by molar-refractivity contribution is 6.30. The number of carbonyl (C=O) groups is 1. The van der Waals surface area contributed by atoms with Crippen LogP contribution >= 0.6 is 11.6 Å². The first-order chi connectivity index (χ1) is 14.7. The van der Waals surface area contributed by atoms with Crippen molar-refractivity contribution in [2.24, 2.45) is 0 Å². The summed E-state index contributed by atoms with van der Waals surface area (Å²) >= 11 is 5.90. The van der Waals surface area contributed by atoms with Gasteiger partial charge in [0, 0.05) is 48.8 Å². The van der Waals surface area contributed by atoms with Gasteiger partial charge >= 0.3 is 6.09 Å². The smallest absolute Gasteiger partial charge is 0.410 e. The minimum atomic E-state index is -0.658. The van der Waals surface area contributed by atoms with E-state index in [1.807, 2.05) is 26.8 Å². The molecule has 6 nitrogen and oxygen atoms in total. The van der Waals surface area contributed by atoms with Crippen molar-refractivity contribution in [3.63, 3.8) is 0 Å². The Morgan fingerprint density at radius 3 is 2.65 bits per heavy atom. The van der Waals surface area contributed by atoms with Crippen LogP contribution in [0.25, 0.3) is 0 Å². The molecule has 1 aliphatic heterocycles. The van der Waals surface area contributed by atoms with Gasteiger partial charge in [0.05, 0.1) is 5.69 Å². The fraction of sp³-hybridized carbons (Fsp3) is 0.478. The van der Waals surface area contributed by atoms with Crippen molar-refractivity contribution in [2.75, 3.05) is 13.1 Å². The van der Waals surface area contributed by atoms with Crippen LogP contribution in [0.3, 0.4) is 0 Å². The Bertz CT molecular complexity index is 895. The van der Waals surface area contributed by atoms with Crippen LogP contribution in [0.15, 0.2) is 36.5 Å². The minimum Gasteiger partial charge on any atom is -0.490 e. The summed E-state index contributed by atoms with van der Waals surface area (Å²) in [6.45, 7) is 6.27. The van der Waals surface area contributed by atoms with E-state index in [2.05, 4.69) is 4.98 Å². The average molecular weight is 451 g/mol. The van der Waals surface area contributed by atoms with Crippen LogP contribution in [0.5, 0.6) is 11.5 Å². The molecule has 0 aliphatic carbocycles. The van der Waals surface area contributed by atoms with Crippen molar-refractivity contribution in [3.05, 3.63) is 52.8 Å². The number of pyridine rings is 1. The van der Waals surface area contributed by atoms with Crippen LogP contribution in [-0.4, -0.2) is 40.8 Å². The lowest BCUT2D eigenvalue weighted by Crippen LogP contribution is -2.44. The van der Waals surface area contributed by atoms with Gasteiger partial charge in [-0.3, -0.25) is 4.98 Å². The van der Waals surface area contributed by atoms with Crippen molar-refractivity contribution in [3.8, 4) is 11.5 Å². The molecule has 0 saturated carbocycles. The molecule has 0 unspecified atom stereocenters. The molecule has 1 aliphatic rings. The molecule has 0 bridgehead atoms. The Morgan fingerprint density at radius 1 is 1.23 bits per heavy atom. The largest absolute Gasteiger partial charge is 0.490 e. The van der Waals surface area contributed by atoms with Crippen LogP contribution in [0.4, 0.5) is 9.18 Å². The van der Waals surface area contributed by atoms with E-state index in [1.54, 1.807) is 35.4 Å². The van der Waals surface area contributed by atoms with Gasteiger partial charge in [-0.05, 0) is 45.0 Å². The molecule has 0 spiro atoms. The molecule has 1 aromatic heterocycles. The number of benzene rings is 1. The summed E-state index contributed by atoms with van der Waals surface area (Å²) in [7, 11) is 0. The van der Waals surface area contributed by atoms with Gasteiger partial charge in [-0.1, -0.05) is 11.6 Å². The van der Waals surface area contributed by atoms with Gasteiger partial charge in [-0.2, -0.15) is 0 Å². The summed E-state index contributed by atoms with van der Waals surface area (Å²) in [5, 5.41) is 0.464. The molecule has 0 atom stereocenters. The lowest BCUT2D eigenvalue weighted by molar-refractivity contribution is 0.0126. The Balaban J connectivity index is 1.52. The zero-order chi connectivity index (χ0) is 22.4. The number of halogens is 2. The highest BCUT2D eigenvalue weighted by atomic mass is 35.5. The van der Waals surface area contributed by atoms with Crippen molar-refractivity contribution >= 4 is 17.7 Å². The Morgan fingerprint density at radius 2 is 1.97 bits per heavy atom. The maximum absolute atomic E-state index is 13.2. The molecule has 1 fully saturated rings. The van der Waals surface area contributed by atoms with Crippen molar-refractivity contribution in [1.29, 1.82) is 0 Å². The number of carbonyl (C=O) groups excluding carboxylic acids is 1. The number of likely N-dealkylation sites (tertiary alicyclic amines) is 1. The van der Waals surface area contributed by atoms with E-state index in [-0.39, 0.29) is 18.8 Å². The molecule has 0 radical (unpaired) electrons. The normalized spacial score (nSPS) is 14.9. The minimum absolute atomic E-state index is 0.00395. The molecular weight excluding hydrogens is 423 g/mol. The molecule has 8 heteroatoms. The number of hydrogen-bond acceptors (Lipinski definition) is 5. The van der Waals surface area contributed by atoms with E-state index in [0.29, 0.717) is 40.9 Å². The summed E-state index contributed by atoms with van der Waals surface area (Å²) in [4.78, 5) is 18.2. The molecule has 2 heterocycles. The number of amides is 1. The zero-order valence-corrected chi connectivity index (χ0v) is 18.8. The molecular formula is C23H28ClFN2O4. The second kappa shape index (κ2) is 10.2. The number of alkyl halides is 1. The number of ether oxygens (including phenoxy) is 3. The molecule has 1 amide bonds. The summed E-state index contributed by atoms with van der Waals surface area (Å²) in [6.07, 6.45) is 2.81. The van der Waals surface area contributed by atoms with Gasteiger partial charge in [0.15, 0.2) is 0 Å². The fourth-order valence-corrected chi connectivity index (χ4v) is 3.42. The Labute approximate surface area is 187 Å². The van der Waals surface area contributed by atoms with E-state index in [9.17, 15) is 9.18 Å². The number of piperidine rings is 1. The molecule has 2 aromatic rings. The lowest BCUT2D eigenvalue weighted by atomic mass is 10.1. The van der Waals surface area contributed by atoms with E-state index >= 15 is 0 Å². The number of nitrogens with zero attached hydrogens (tertiary/aromatic N) is 2. The average Bonchev–Trinajstić information content (AvgIpc) is 2.72. The SMILES string of the molecule is CC(C)(C)OC(=O)N1CCC(Oc2ccnc(COc3ccc(Cl)cc3CF)c2)CC1. The molecule has 1 saturated heterocycles. The summed E-state index contributed by atoms with van der Waals surface area (Å²) in [5.74, 6) is 1.13. The van der Waals surface area contributed by atoms with E-state index in [4.69, 9.17) is 25.8 Å². The quantitative estimate of drug-likeness (QED) is 0.576. The molecule has 0 N–H and O–H groups in total. The standard InChI is InChI=1S/C23H28ClFN2O4/c1-23(2,3)31-22(28)27-10-7-19(8-11-27)30-20-6-9-26-18(13-20)15-29-21-5-4-17(24)12-16(21)14-25/h4-6,9,12-13,19H,7-8,10-11,14-15H2,1-3H3. The Hall–Kier alpha value is -2.54. The van der Waals surface area contributed by atoms with Crippen molar-refractivity contribution in [1.82, 2.24) is 9.88 Å². The number of aromatic nitrogens is 1. The predicted octanol–water partition coefficient (Wildman–Crippen LogP) is 5.56. The summed E-state index contributed by atoms with van der Waals surface area (Å²) in [5.41, 5.74) is 0.566. The lowest BCUT2D eigenvalue weighted by Gasteiger charge is -2.33. The van der Waals surface area contributed by atoms with Crippen LogP contribution in [-0.2, 0) is 18.0 Å². The van der Waals surface area contributed by atoms with Gasteiger partial charge in [0.2, 0.25) is 0 Å². The van der Waals surface area contributed by atoms with Gasteiger partial charge < -0.3 is 19.1 Å². The van der Waals surface area contributed by atoms with Crippen molar-refractivity contribution in [2.45, 2.75) is 58.6 Å². The first-order valence-corrected chi connectivity index (χ1v) is 10.7. The van der Waals surface area contributed by atoms with Crippen LogP contribution < -0.4 is 9.47 Å². The highest BCUT2D eigenvalue weighted by Crippen LogP contribution is 2.25. The van der Waals surface area contributed by atoms with E-state index < -0.39 is 12.3 Å².